The van der Waals surface area contributed by atoms with E-state index in [0.29, 0.717) is 31.0 Å². The van der Waals surface area contributed by atoms with Gasteiger partial charge >= 0.3 is 5.97 Å². The standard InChI is InChI=1S/C20H20N4O4/c25-18(19(26)27)15-5-6-16(14-4-2-1-3-13(14)15)22-17-7-8-21-20(23-17)24-9-11-28-12-10-24/h1-6,8,17,22H,7,9-12H2,(H,26,27). The Hall–Kier alpha value is -3.26. The van der Waals surface area contributed by atoms with Gasteiger partial charge in [-0.2, -0.15) is 0 Å². The van der Waals surface area contributed by atoms with Crippen molar-refractivity contribution in [2.24, 2.45) is 9.98 Å². The number of guanidine groups is 1. The molecule has 0 bridgehead atoms. The van der Waals surface area contributed by atoms with Gasteiger partial charge in [-0.15, -0.1) is 0 Å². The SMILES string of the molecule is O=C(O)C(=O)c1ccc(NC2CC=NC(N3CCOCC3)=N2)c2ccccc12. The predicted octanol–water partition coefficient (Wildman–Crippen LogP) is 2.01. The molecule has 0 radical (unpaired) electrons. The third kappa shape index (κ3) is 3.59. The van der Waals surface area contributed by atoms with Crippen molar-refractivity contribution in [2.75, 3.05) is 31.6 Å². The molecule has 0 aromatic heterocycles. The highest BCUT2D eigenvalue weighted by Crippen LogP contribution is 2.28. The number of nitrogens with one attached hydrogen (secondary N) is 1. The number of ketones is 1. The first-order valence-corrected chi connectivity index (χ1v) is 9.12. The van der Waals surface area contributed by atoms with Crippen LogP contribution < -0.4 is 5.32 Å². The van der Waals surface area contributed by atoms with E-state index in [1.165, 1.54) is 0 Å². The maximum absolute atomic E-state index is 12.0. The van der Waals surface area contributed by atoms with E-state index in [2.05, 4.69) is 15.2 Å². The summed E-state index contributed by atoms with van der Waals surface area (Å²) in [5, 5.41) is 13.8. The summed E-state index contributed by atoms with van der Waals surface area (Å²) in [6.45, 7) is 2.85. The van der Waals surface area contributed by atoms with Gasteiger partial charge in [0.2, 0.25) is 5.96 Å². The molecule has 4 rings (SSSR count). The number of rotatable bonds is 4. The highest BCUT2D eigenvalue weighted by atomic mass is 16.5. The molecule has 2 aliphatic rings. The first kappa shape index (κ1) is 18.1. The van der Waals surface area contributed by atoms with Gasteiger partial charge < -0.3 is 20.1 Å². The lowest BCUT2D eigenvalue weighted by molar-refractivity contribution is -0.131. The quantitative estimate of drug-likeness (QED) is 0.621. The molecule has 8 nitrogen and oxygen atoms in total. The topological polar surface area (TPSA) is 104 Å². The Morgan fingerprint density at radius 3 is 2.61 bits per heavy atom. The van der Waals surface area contributed by atoms with Crippen LogP contribution in [0.3, 0.4) is 0 Å². The van der Waals surface area contributed by atoms with Crippen molar-refractivity contribution >= 4 is 40.4 Å². The first-order valence-electron chi connectivity index (χ1n) is 9.12. The number of hydrogen-bond donors (Lipinski definition) is 2. The lowest BCUT2D eigenvalue weighted by atomic mass is 9.99. The Bertz CT molecular complexity index is 979. The van der Waals surface area contributed by atoms with Gasteiger partial charge in [-0.3, -0.25) is 4.79 Å². The molecule has 2 aliphatic heterocycles. The number of anilines is 1. The molecule has 0 amide bonds. The fraction of sp³-hybridized carbons (Fsp3) is 0.300. The second-order valence-corrected chi connectivity index (χ2v) is 6.58. The van der Waals surface area contributed by atoms with E-state index in [-0.39, 0.29) is 11.7 Å². The number of ether oxygens (including phenoxy) is 1. The number of carboxylic acids is 1. The number of fused-ring (bicyclic) bond motifs is 1. The number of aliphatic carboxylic acids is 1. The molecule has 2 heterocycles. The molecular formula is C20H20N4O4. The lowest BCUT2D eigenvalue weighted by Crippen LogP contribution is -2.42. The number of aliphatic imine (C=N–C) groups is 2. The van der Waals surface area contributed by atoms with Crippen LogP contribution in [0.15, 0.2) is 46.4 Å². The number of Topliss-reactive ketones (excluding diaryl/α,β-unsaturated/α-hetero) is 1. The minimum absolute atomic E-state index is 0.177. The molecule has 1 saturated heterocycles. The van der Waals surface area contributed by atoms with Gasteiger partial charge in [0, 0.05) is 42.4 Å². The van der Waals surface area contributed by atoms with E-state index in [1.807, 2.05) is 18.3 Å². The zero-order chi connectivity index (χ0) is 19.5. The number of nitrogens with zero attached hydrogens (tertiary/aromatic N) is 3. The van der Waals surface area contributed by atoms with E-state index in [0.717, 1.165) is 24.2 Å². The molecule has 28 heavy (non-hydrogen) atoms. The minimum Gasteiger partial charge on any atom is -0.475 e. The van der Waals surface area contributed by atoms with E-state index in [9.17, 15) is 9.59 Å². The summed E-state index contributed by atoms with van der Waals surface area (Å²) in [6, 6.07) is 10.5. The van der Waals surface area contributed by atoms with Crippen LogP contribution in [-0.2, 0) is 9.53 Å². The number of hydrogen-bond acceptors (Lipinski definition) is 7. The smallest absolute Gasteiger partial charge is 0.377 e. The maximum atomic E-state index is 12.0. The van der Waals surface area contributed by atoms with E-state index < -0.39 is 11.8 Å². The molecule has 1 unspecified atom stereocenters. The molecule has 8 heteroatoms. The lowest BCUT2D eigenvalue weighted by Gasteiger charge is -2.30. The van der Waals surface area contributed by atoms with Gasteiger partial charge in [0.1, 0.15) is 6.17 Å². The van der Waals surface area contributed by atoms with Crippen molar-refractivity contribution in [3.8, 4) is 0 Å². The number of carboxylic acid groups (broad SMARTS) is 1. The van der Waals surface area contributed by atoms with Crippen molar-refractivity contribution in [2.45, 2.75) is 12.6 Å². The van der Waals surface area contributed by atoms with Crippen LogP contribution in [-0.4, -0.2) is 66.4 Å². The van der Waals surface area contributed by atoms with Crippen molar-refractivity contribution in [1.29, 1.82) is 0 Å². The van der Waals surface area contributed by atoms with E-state index in [4.69, 9.17) is 14.8 Å². The van der Waals surface area contributed by atoms with Crippen LogP contribution >= 0.6 is 0 Å². The summed E-state index contributed by atoms with van der Waals surface area (Å²) < 4.78 is 5.38. The molecule has 0 spiro atoms. The third-order valence-corrected chi connectivity index (χ3v) is 4.79. The molecular weight excluding hydrogens is 360 g/mol. The normalized spacial score (nSPS) is 19.4. The van der Waals surface area contributed by atoms with Crippen LogP contribution in [0.5, 0.6) is 0 Å². The van der Waals surface area contributed by atoms with E-state index >= 15 is 0 Å². The number of benzene rings is 2. The summed E-state index contributed by atoms with van der Waals surface area (Å²) in [6.07, 6.45) is 2.29. The number of morpholine rings is 1. The fourth-order valence-electron chi connectivity index (χ4n) is 3.40. The fourth-order valence-corrected chi connectivity index (χ4v) is 3.40. The van der Waals surface area contributed by atoms with Gasteiger partial charge in [-0.25, -0.2) is 14.8 Å². The third-order valence-electron chi connectivity index (χ3n) is 4.79. The Morgan fingerprint density at radius 1 is 1.11 bits per heavy atom. The molecule has 2 aromatic rings. The molecule has 2 aromatic carbocycles. The average molecular weight is 380 g/mol. The molecule has 0 aliphatic carbocycles. The predicted molar refractivity (Wildman–Crippen MR) is 106 cm³/mol. The zero-order valence-electron chi connectivity index (χ0n) is 15.2. The summed E-state index contributed by atoms with van der Waals surface area (Å²) in [7, 11) is 0. The van der Waals surface area contributed by atoms with Gasteiger partial charge in [0.25, 0.3) is 5.78 Å². The number of carbonyl (C=O) groups is 2. The molecule has 1 atom stereocenters. The van der Waals surface area contributed by atoms with Crippen LogP contribution in [0.2, 0.25) is 0 Å². The van der Waals surface area contributed by atoms with Gasteiger partial charge in [0.05, 0.1) is 13.2 Å². The van der Waals surface area contributed by atoms with Crippen LogP contribution in [0.1, 0.15) is 16.8 Å². The van der Waals surface area contributed by atoms with Gasteiger partial charge in [0.15, 0.2) is 0 Å². The minimum atomic E-state index is -1.46. The molecule has 1 fully saturated rings. The Kier molecular flexibility index (Phi) is 5.03. The summed E-state index contributed by atoms with van der Waals surface area (Å²) in [5.74, 6) is -1.69. The van der Waals surface area contributed by atoms with Crippen molar-refractivity contribution in [3.63, 3.8) is 0 Å². The van der Waals surface area contributed by atoms with Crippen LogP contribution in [0, 0.1) is 0 Å². The highest BCUT2D eigenvalue weighted by Gasteiger charge is 2.21. The largest absolute Gasteiger partial charge is 0.475 e. The van der Waals surface area contributed by atoms with Gasteiger partial charge in [-0.1, -0.05) is 24.3 Å². The summed E-state index contributed by atoms with van der Waals surface area (Å²) >= 11 is 0. The maximum Gasteiger partial charge on any atom is 0.377 e. The zero-order valence-corrected chi connectivity index (χ0v) is 15.2. The van der Waals surface area contributed by atoms with Crippen LogP contribution in [0.25, 0.3) is 10.8 Å². The monoisotopic (exact) mass is 380 g/mol. The van der Waals surface area contributed by atoms with Crippen molar-refractivity contribution < 1.29 is 19.4 Å². The first-order chi connectivity index (χ1) is 13.6. The average Bonchev–Trinajstić information content (AvgIpc) is 2.74. The molecule has 2 N–H and O–H groups in total. The number of carbonyl (C=O) groups excluding carboxylic acids is 1. The second kappa shape index (κ2) is 7.77. The van der Waals surface area contributed by atoms with Crippen molar-refractivity contribution in [1.82, 2.24) is 4.90 Å². The van der Waals surface area contributed by atoms with Gasteiger partial charge in [-0.05, 0) is 17.5 Å². The second-order valence-electron chi connectivity index (χ2n) is 6.58. The summed E-state index contributed by atoms with van der Waals surface area (Å²) in [4.78, 5) is 34.3. The van der Waals surface area contributed by atoms with Crippen LogP contribution in [0.4, 0.5) is 5.69 Å². The van der Waals surface area contributed by atoms with E-state index in [1.54, 1.807) is 24.3 Å². The Balaban J connectivity index is 1.62. The Morgan fingerprint density at radius 2 is 1.86 bits per heavy atom. The summed E-state index contributed by atoms with van der Waals surface area (Å²) in [5.41, 5.74) is 0.972. The Labute approximate surface area is 161 Å². The highest BCUT2D eigenvalue weighted by molar-refractivity contribution is 6.42. The van der Waals surface area contributed by atoms with Crippen molar-refractivity contribution in [3.05, 3.63) is 42.0 Å². The molecule has 144 valence electrons. The molecule has 0 saturated carbocycles.